The molecule has 0 bridgehead atoms. The Morgan fingerprint density at radius 1 is 1.16 bits per heavy atom. The molecule has 2 amide bonds. The summed E-state index contributed by atoms with van der Waals surface area (Å²) in [4.78, 5) is 11.3. The first kappa shape index (κ1) is 19.2. The molecule has 6 N–H and O–H groups in total. The van der Waals surface area contributed by atoms with Crippen LogP contribution in [0.1, 0.15) is 0 Å². The molecule has 10 nitrogen and oxygen atoms in total. The van der Waals surface area contributed by atoms with Gasteiger partial charge in [-0.15, -0.1) is 0 Å². The van der Waals surface area contributed by atoms with Gasteiger partial charge in [-0.3, -0.25) is 9.11 Å². The van der Waals surface area contributed by atoms with Crippen molar-refractivity contribution in [3.05, 3.63) is 0 Å². The SMILES string of the molecule is NC(=O)N(N1CCNC1)N1CCNC1.O=S(O)O.[NaH]. The summed E-state index contributed by atoms with van der Waals surface area (Å²) in [6.07, 6.45) is 0. The average Bonchev–Trinajstić information content (AvgIpc) is 2.88. The Kier molecular flexibility index (Phi) is 10.1. The number of amides is 2. The molecule has 0 aromatic heterocycles. The minimum absolute atomic E-state index is 0. The van der Waals surface area contributed by atoms with Crippen LogP contribution in [0.2, 0.25) is 0 Å². The van der Waals surface area contributed by atoms with Crippen LogP contribution in [0, 0.1) is 0 Å². The zero-order chi connectivity index (χ0) is 13.5. The van der Waals surface area contributed by atoms with Gasteiger partial charge in [-0.25, -0.2) is 4.79 Å². The molecule has 0 saturated carbocycles. The number of urea groups is 1. The molecule has 108 valence electrons. The summed E-state index contributed by atoms with van der Waals surface area (Å²) >= 11 is -2.61. The average molecular weight is 306 g/mol. The summed E-state index contributed by atoms with van der Waals surface area (Å²) in [5.41, 5.74) is 5.34. The first-order chi connectivity index (χ1) is 8.52. The normalized spacial score (nSPS) is 19.7. The van der Waals surface area contributed by atoms with Gasteiger partial charge in [0.2, 0.25) is 0 Å². The van der Waals surface area contributed by atoms with Gasteiger partial charge >= 0.3 is 35.6 Å². The molecule has 12 heteroatoms. The molecule has 2 saturated heterocycles. The van der Waals surface area contributed by atoms with Gasteiger partial charge in [-0.05, 0) is 0 Å². The van der Waals surface area contributed by atoms with Crippen LogP contribution in [-0.4, -0.2) is 104 Å². The third-order valence-electron chi connectivity index (χ3n) is 2.41. The molecule has 0 radical (unpaired) electrons. The van der Waals surface area contributed by atoms with Crippen molar-refractivity contribution >= 4 is 46.9 Å². The molecule has 2 fully saturated rings. The van der Waals surface area contributed by atoms with Crippen molar-refractivity contribution in [3.63, 3.8) is 0 Å². The molecule has 0 aromatic carbocycles. The summed E-state index contributed by atoms with van der Waals surface area (Å²) in [5.74, 6) is 0. The number of nitrogens with two attached hydrogens (primary N) is 1. The molecule has 19 heavy (non-hydrogen) atoms. The van der Waals surface area contributed by atoms with Gasteiger partial charge in [0.15, 0.2) is 0 Å². The molecule has 2 aliphatic rings. The maximum absolute atomic E-state index is 11.3. The fraction of sp³-hybridized carbons (Fsp3) is 0.857. The van der Waals surface area contributed by atoms with E-state index in [4.69, 9.17) is 19.0 Å². The van der Waals surface area contributed by atoms with Crippen LogP contribution in [0.3, 0.4) is 0 Å². The van der Waals surface area contributed by atoms with E-state index >= 15 is 0 Å². The van der Waals surface area contributed by atoms with Gasteiger partial charge in [0, 0.05) is 26.2 Å². The summed E-state index contributed by atoms with van der Waals surface area (Å²) in [7, 11) is 0. The Hall–Kier alpha value is 0.180. The van der Waals surface area contributed by atoms with Crippen LogP contribution in [0.4, 0.5) is 4.79 Å². The second-order valence-corrected chi connectivity index (χ2v) is 4.10. The predicted molar refractivity (Wildman–Crippen MR) is 71.1 cm³/mol. The van der Waals surface area contributed by atoms with Gasteiger partial charge in [0.1, 0.15) is 0 Å². The molecule has 2 rings (SSSR count). The number of rotatable bonds is 2. The molecule has 0 aliphatic carbocycles. The number of hydrogen-bond donors (Lipinski definition) is 5. The van der Waals surface area contributed by atoms with Gasteiger partial charge in [-0.2, -0.15) is 19.3 Å². The van der Waals surface area contributed by atoms with Gasteiger partial charge in [0.05, 0.1) is 13.3 Å². The first-order valence-corrected chi connectivity index (χ1v) is 6.39. The predicted octanol–water partition coefficient (Wildman–Crippen LogP) is -3.04. The Bertz CT molecular complexity index is 279. The van der Waals surface area contributed by atoms with E-state index in [0.29, 0.717) is 13.3 Å². The standard InChI is InChI=1S/C7H16N6O.Na.H2O3S.H/c8-7(14)13(11-3-1-9-5-11)12-4-2-10-6-12;;1-4(2)3;/h9-10H,1-6H2,(H2,8,14);;(H2,1,2,3);. The van der Waals surface area contributed by atoms with E-state index in [9.17, 15) is 4.79 Å². The maximum atomic E-state index is 11.3. The zero-order valence-electron chi connectivity index (χ0n) is 9.78. The zero-order valence-corrected chi connectivity index (χ0v) is 10.6. The third-order valence-corrected chi connectivity index (χ3v) is 2.41. The van der Waals surface area contributed by atoms with E-state index < -0.39 is 17.4 Å². The van der Waals surface area contributed by atoms with E-state index in [1.165, 1.54) is 5.12 Å². The molecule has 0 atom stereocenters. The number of primary amides is 1. The summed E-state index contributed by atoms with van der Waals surface area (Å²) in [6, 6.07) is -0.419. The molecule has 2 heterocycles. The number of nitrogens with zero attached hydrogens (tertiary/aromatic N) is 3. The topological polar surface area (TPSA) is 134 Å². The van der Waals surface area contributed by atoms with Gasteiger partial charge in [-0.1, -0.05) is 0 Å². The van der Waals surface area contributed by atoms with Gasteiger partial charge < -0.3 is 16.4 Å². The Morgan fingerprint density at radius 3 is 1.74 bits per heavy atom. The number of carbonyl (C=O) groups excluding carboxylic acids is 1. The Morgan fingerprint density at radius 2 is 1.53 bits per heavy atom. The minimum atomic E-state index is -2.61. The van der Waals surface area contributed by atoms with Crippen molar-refractivity contribution in [1.29, 1.82) is 0 Å². The van der Waals surface area contributed by atoms with Crippen molar-refractivity contribution in [1.82, 2.24) is 25.8 Å². The first-order valence-electron chi connectivity index (χ1n) is 5.33. The number of hydrogen-bond acceptors (Lipinski definition) is 6. The monoisotopic (exact) mass is 306 g/mol. The fourth-order valence-electron chi connectivity index (χ4n) is 1.77. The Labute approximate surface area is 136 Å². The van der Waals surface area contributed by atoms with Crippen LogP contribution in [-0.2, 0) is 11.4 Å². The molecular formula is C7H19N6NaO4S. The quantitative estimate of drug-likeness (QED) is 0.268. The fourth-order valence-corrected chi connectivity index (χ4v) is 1.77. The van der Waals surface area contributed by atoms with Crippen LogP contribution >= 0.6 is 0 Å². The van der Waals surface area contributed by atoms with Crippen molar-refractivity contribution in [2.45, 2.75) is 0 Å². The molecular weight excluding hydrogens is 287 g/mol. The third kappa shape index (κ3) is 6.94. The van der Waals surface area contributed by atoms with E-state index in [0.717, 1.165) is 26.2 Å². The van der Waals surface area contributed by atoms with Crippen molar-refractivity contribution in [2.24, 2.45) is 5.73 Å². The molecule has 0 aromatic rings. The summed E-state index contributed by atoms with van der Waals surface area (Å²) in [5, 5.41) is 11.7. The number of nitrogens with one attached hydrogen (secondary N) is 2. The summed E-state index contributed by atoms with van der Waals surface area (Å²) in [6.45, 7) is 4.79. The summed E-state index contributed by atoms with van der Waals surface area (Å²) < 4.78 is 22.8. The van der Waals surface area contributed by atoms with Crippen LogP contribution < -0.4 is 16.4 Å². The van der Waals surface area contributed by atoms with Crippen LogP contribution in [0.25, 0.3) is 0 Å². The molecule has 0 unspecified atom stereocenters. The molecule has 2 aliphatic heterocycles. The van der Waals surface area contributed by atoms with E-state index in [1.54, 1.807) is 0 Å². The molecule has 0 spiro atoms. The second kappa shape index (κ2) is 9.99. The van der Waals surface area contributed by atoms with Crippen molar-refractivity contribution in [2.75, 3.05) is 39.5 Å². The van der Waals surface area contributed by atoms with Crippen LogP contribution in [0.15, 0.2) is 0 Å². The van der Waals surface area contributed by atoms with E-state index in [2.05, 4.69) is 10.6 Å². The Balaban J connectivity index is 0.000000576. The van der Waals surface area contributed by atoms with E-state index in [-0.39, 0.29) is 29.6 Å². The second-order valence-electron chi connectivity index (χ2n) is 3.63. The van der Waals surface area contributed by atoms with Crippen molar-refractivity contribution < 1.29 is 18.1 Å². The number of hydrazine groups is 2. The van der Waals surface area contributed by atoms with E-state index in [1.807, 2.05) is 10.0 Å². The van der Waals surface area contributed by atoms with Gasteiger partial charge in [0.25, 0.3) is 11.4 Å². The number of carbonyl (C=O) groups is 1. The van der Waals surface area contributed by atoms with Crippen molar-refractivity contribution in [3.8, 4) is 0 Å². The van der Waals surface area contributed by atoms with Crippen LogP contribution in [0.5, 0.6) is 0 Å².